The number of hydrogen-bond acceptors (Lipinski definition) is 5. The Morgan fingerprint density at radius 3 is 2.72 bits per heavy atom. The molecular weight excluding hydrogens is 430 g/mol. The molecule has 1 aliphatic heterocycles. The fourth-order valence-corrected chi connectivity index (χ4v) is 6.04. The summed E-state index contributed by atoms with van der Waals surface area (Å²) in [5.74, 6) is 5.44. The normalized spacial score (nSPS) is 20.7. The van der Waals surface area contributed by atoms with Gasteiger partial charge in [-0.15, -0.1) is 0 Å². The lowest BCUT2D eigenvalue weighted by atomic mass is 9.86. The Balaban J connectivity index is 1.59. The standard InChI is InChI=1S/C23H25N3O5S/c1-31-22-14-20(23(27)28)24-15-18(22)11-10-16-6-2-4-8-19(16)25-32(29,30)26-13-12-17-7-3-5-9-21(17)26/h2,4,6,8,14-15,17,21,25H,3,5,7,9,12-13H2,1H3,(H,27,28). The van der Waals surface area contributed by atoms with Crippen LogP contribution in [0.2, 0.25) is 0 Å². The Morgan fingerprint density at radius 2 is 1.94 bits per heavy atom. The van der Waals surface area contributed by atoms with Gasteiger partial charge in [-0.3, -0.25) is 4.72 Å². The third-order valence-electron chi connectivity index (χ3n) is 6.07. The Labute approximate surface area is 187 Å². The molecule has 2 heterocycles. The smallest absolute Gasteiger partial charge is 0.354 e. The maximum atomic E-state index is 13.2. The Morgan fingerprint density at radius 1 is 1.19 bits per heavy atom. The number of para-hydroxylation sites is 1. The zero-order chi connectivity index (χ0) is 22.7. The number of aromatic nitrogens is 1. The van der Waals surface area contributed by atoms with Crippen LogP contribution in [0.5, 0.6) is 5.75 Å². The van der Waals surface area contributed by atoms with E-state index in [0.717, 1.165) is 25.7 Å². The number of anilines is 1. The molecule has 1 saturated carbocycles. The van der Waals surface area contributed by atoms with Crippen molar-refractivity contribution in [3.8, 4) is 17.6 Å². The maximum Gasteiger partial charge on any atom is 0.354 e. The number of fused-ring (bicyclic) bond motifs is 1. The van der Waals surface area contributed by atoms with Gasteiger partial charge in [-0.1, -0.05) is 36.8 Å². The number of aromatic carboxylic acids is 1. The summed E-state index contributed by atoms with van der Waals surface area (Å²) in [6.07, 6.45) is 6.47. The largest absolute Gasteiger partial charge is 0.495 e. The van der Waals surface area contributed by atoms with Crippen molar-refractivity contribution >= 4 is 21.9 Å². The highest BCUT2D eigenvalue weighted by molar-refractivity contribution is 7.90. The molecule has 1 aromatic heterocycles. The number of carboxylic acids is 1. The van der Waals surface area contributed by atoms with Crippen molar-refractivity contribution < 1.29 is 23.1 Å². The van der Waals surface area contributed by atoms with Crippen LogP contribution >= 0.6 is 0 Å². The third kappa shape index (κ3) is 4.56. The first-order valence-electron chi connectivity index (χ1n) is 10.6. The van der Waals surface area contributed by atoms with E-state index in [0.29, 0.717) is 29.3 Å². The zero-order valence-electron chi connectivity index (χ0n) is 17.7. The van der Waals surface area contributed by atoms with Gasteiger partial charge in [0.25, 0.3) is 0 Å². The average Bonchev–Trinajstić information content (AvgIpc) is 3.23. The van der Waals surface area contributed by atoms with Gasteiger partial charge in [0.1, 0.15) is 5.75 Å². The molecular formula is C23H25N3O5S. The molecule has 8 nitrogen and oxygen atoms in total. The average molecular weight is 456 g/mol. The summed E-state index contributed by atoms with van der Waals surface area (Å²) in [6.45, 7) is 0.539. The second-order valence-corrected chi connectivity index (χ2v) is 9.61. The summed E-state index contributed by atoms with van der Waals surface area (Å²) in [5, 5.41) is 9.09. The van der Waals surface area contributed by atoms with Gasteiger partial charge in [-0.25, -0.2) is 9.78 Å². The molecule has 9 heteroatoms. The topological polar surface area (TPSA) is 109 Å². The van der Waals surface area contributed by atoms with E-state index < -0.39 is 16.2 Å². The molecule has 0 bridgehead atoms. The number of nitrogens with zero attached hydrogens (tertiary/aromatic N) is 2. The molecule has 0 spiro atoms. The number of nitrogens with one attached hydrogen (secondary N) is 1. The highest BCUT2D eigenvalue weighted by Gasteiger charge is 2.41. The molecule has 2 fully saturated rings. The fourth-order valence-electron chi connectivity index (χ4n) is 4.49. The molecule has 1 aromatic carbocycles. The van der Waals surface area contributed by atoms with Crippen molar-refractivity contribution in [2.75, 3.05) is 18.4 Å². The number of methoxy groups -OCH3 is 1. The highest BCUT2D eigenvalue weighted by Crippen LogP contribution is 2.38. The SMILES string of the molecule is COc1cc(C(=O)O)ncc1C#Cc1ccccc1NS(=O)(=O)N1CCC2CCCCC21. The summed E-state index contributed by atoms with van der Waals surface area (Å²) in [7, 11) is -2.28. The molecule has 2 atom stereocenters. The number of benzene rings is 1. The van der Waals surface area contributed by atoms with Crippen LogP contribution in [0.15, 0.2) is 36.5 Å². The van der Waals surface area contributed by atoms with E-state index in [1.165, 1.54) is 25.8 Å². The van der Waals surface area contributed by atoms with Crippen molar-refractivity contribution in [3.05, 3.63) is 53.3 Å². The van der Waals surface area contributed by atoms with Crippen molar-refractivity contribution in [1.29, 1.82) is 0 Å². The molecule has 2 N–H and O–H groups in total. The van der Waals surface area contributed by atoms with Gasteiger partial charge in [0.15, 0.2) is 5.69 Å². The van der Waals surface area contributed by atoms with Crippen LogP contribution in [0.3, 0.4) is 0 Å². The molecule has 32 heavy (non-hydrogen) atoms. The lowest BCUT2D eigenvalue weighted by molar-refractivity contribution is 0.0690. The predicted octanol–water partition coefficient (Wildman–Crippen LogP) is 3.11. The first kappa shape index (κ1) is 22.1. The van der Waals surface area contributed by atoms with Crippen LogP contribution in [0.4, 0.5) is 5.69 Å². The van der Waals surface area contributed by atoms with Crippen molar-refractivity contribution in [2.24, 2.45) is 5.92 Å². The second-order valence-electron chi connectivity index (χ2n) is 7.99. The van der Waals surface area contributed by atoms with Crippen LogP contribution in [-0.2, 0) is 10.2 Å². The molecule has 2 aromatic rings. The number of ether oxygens (including phenoxy) is 1. The van der Waals surface area contributed by atoms with Gasteiger partial charge < -0.3 is 9.84 Å². The van der Waals surface area contributed by atoms with Gasteiger partial charge in [-0.2, -0.15) is 12.7 Å². The number of carbonyl (C=O) groups is 1. The molecule has 1 saturated heterocycles. The van der Waals surface area contributed by atoms with Crippen molar-refractivity contribution in [2.45, 2.75) is 38.1 Å². The summed E-state index contributed by atoms with van der Waals surface area (Å²) in [4.78, 5) is 15.0. The van der Waals surface area contributed by atoms with Gasteiger partial charge in [0, 0.05) is 30.4 Å². The van der Waals surface area contributed by atoms with E-state index in [4.69, 9.17) is 9.84 Å². The van der Waals surface area contributed by atoms with E-state index in [1.54, 1.807) is 28.6 Å². The van der Waals surface area contributed by atoms with Gasteiger partial charge >= 0.3 is 16.2 Å². The fraction of sp³-hybridized carbons (Fsp3) is 0.391. The lowest BCUT2D eigenvalue weighted by Gasteiger charge is -2.31. The minimum absolute atomic E-state index is 0.0718. The lowest BCUT2D eigenvalue weighted by Crippen LogP contribution is -2.42. The van der Waals surface area contributed by atoms with Crippen molar-refractivity contribution in [1.82, 2.24) is 9.29 Å². The predicted molar refractivity (Wildman–Crippen MR) is 120 cm³/mol. The molecule has 1 aliphatic carbocycles. The van der Waals surface area contributed by atoms with Gasteiger partial charge in [-0.05, 0) is 37.3 Å². The third-order valence-corrected chi connectivity index (χ3v) is 7.62. The van der Waals surface area contributed by atoms with Crippen LogP contribution < -0.4 is 9.46 Å². The summed E-state index contributed by atoms with van der Waals surface area (Å²) < 4.78 is 35.9. The number of pyridine rings is 1. The highest BCUT2D eigenvalue weighted by atomic mass is 32.2. The van der Waals surface area contributed by atoms with Crippen LogP contribution in [0.1, 0.15) is 53.7 Å². The summed E-state index contributed by atoms with van der Waals surface area (Å²) >= 11 is 0. The van der Waals surface area contributed by atoms with Crippen molar-refractivity contribution in [3.63, 3.8) is 0 Å². The number of hydrogen-bond donors (Lipinski definition) is 2. The zero-order valence-corrected chi connectivity index (χ0v) is 18.6. The first-order valence-corrected chi connectivity index (χ1v) is 12.0. The molecule has 0 radical (unpaired) electrons. The molecule has 2 unspecified atom stereocenters. The first-order chi connectivity index (χ1) is 15.4. The molecule has 168 valence electrons. The number of rotatable bonds is 5. The summed E-state index contributed by atoms with van der Waals surface area (Å²) in [5.41, 5.74) is 1.15. The van der Waals surface area contributed by atoms with E-state index in [9.17, 15) is 13.2 Å². The van der Waals surface area contributed by atoms with E-state index in [-0.39, 0.29) is 17.5 Å². The van der Waals surface area contributed by atoms with Crippen LogP contribution in [0.25, 0.3) is 0 Å². The summed E-state index contributed by atoms with van der Waals surface area (Å²) in [6, 6.07) is 8.30. The molecule has 2 aliphatic rings. The Bertz CT molecular complexity index is 1190. The quantitative estimate of drug-likeness (QED) is 0.671. The van der Waals surface area contributed by atoms with Gasteiger partial charge in [0.05, 0.1) is 18.4 Å². The Hall–Kier alpha value is -3.09. The monoisotopic (exact) mass is 455 g/mol. The van der Waals surface area contributed by atoms with Crippen LogP contribution in [-0.4, -0.2) is 48.5 Å². The molecule has 4 rings (SSSR count). The molecule has 0 amide bonds. The van der Waals surface area contributed by atoms with Gasteiger partial charge in [0.2, 0.25) is 0 Å². The minimum atomic E-state index is -3.70. The van der Waals surface area contributed by atoms with E-state index in [1.807, 2.05) is 0 Å². The second kappa shape index (κ2) is 9.18. The minimum Gasteiger partial charge on any atom is -0.495 e. The van der Waals surface area contributed by atoms with E-state index in [2.05, 4.69) is 21.5 Å². The number of carboxylic acid groups (broad SMARTS) is 1. The van der Waals surface area contributed by atoms with E-state index >= 15 is 0 Å². The Kier molecular flexibility index (Phi) is 6.35. The maximum absolute atomic E-state index is 13.2. The van der Waals surface area contributed by atoms with Crippen LogP contribution in [0, 0.1) is 17.8 Å².